The first kappa shape index (κ1) is 17.3. The number of benzene rings is 1. The Hall–Kier alpha value is -1.75. The van der Waals surface area contributed by atoms with Gasteiger partial charge in [-0.15, -0.1) is 0 Å². The Balaban J connectivity index is 2.89. The van der Waals surface area contributed by atoms with Crippen LogP contribution in [0.3, 0.4) is 0 Å². The van der Waals surface area contributed by atoms with E-state index < -0.39 is 12.1 Å². The molecule has 0 aromatic heterocycles. The Labute approximate surface area is 125 Å². The van der Waals surface area contributed by atoms with Gasteiger partial charge in [-0.05, 0) is 31.9 Å². The third-order valence-corrected chi connectivity index (χ3v) is 2.87. The first-order valence-corrected chi connectivity index (χ1v) is 7.36. The van der Waals surface area contributed by atoms with Crippen molar-refractivity contribution in [3.63, 3.8) is 0 Å². The average molecular weight is 296 g/mol. The van der Waals surface area contributed by atoms with Crippen molar-refractivity contribution in [3.05, 3.63) is 23.8 Å². The van der Waals surface area contributed by atoms with Crippen LogP contribution in [0.2, 0.25) is 0 Å². The summed E-state index contributed by atoms with van der Waals surface area (Å²) >= 11 is 0. The van der Waals surface area contributed by atoms with Gasteiger partial charge in [-0.2, -0.15) is 0 Å². The van der Waals surface area contributed by atoms with Gasteiger partial charge in [0.05, 0.1) is 19.8 Å². The zero-order chi connectivity index (χ0) is 15.7. The molecule has 118 valence electrons. The molecule has 5 heteroatoms. The molecule has 0 saturated heterocycles. The molecule has 0 heterocycles. The maximum absolute atomic E-state index is 11.8. The number of rotatable bonds is 9. The van der Waals surface area contributed by atoms with Crippen LogP contribution in [-0.2, 0) is 16.1 Å². The fourth-order valence-electron chi connectivity index (χ4n) is 1.77. The van der Waals surface area contributed by atoms with Gasteiger partial charge in [-0.25, -0.2) is 4.79 Å². The van der Waals surface area contributed by atoms with E-state index in [1.165, 1.54) is 0 Å². The fraction of sp³-hybridized carbons (Fsp3) is 0.562. The van der Waals surface area contributed by atoms with Crippen molar-refractivity contribution in [3.8, 4) is 11.5 Å². The largest absolute Gasteiger partial charge is 0.493 e. The predicted molar refractivity (Wildman–Crippen MR) is 79.5 cm³/mol. The zero-order valence-electron chi connectivity index (χ0n) is 12.9. The van der Waals surface area contributed by atoms with Crippen molar-refractivity contribution in [2.75, 3.05) is 13.2 Å². The monoisotopic (exact) mass is 296 g/mol. The van der Waals surface area contributed by atoms with Crippen molar-refractivity contribution in [1.82, 2.24) is 0 Å². The van der Waals surface area contributed by atoms with Crippen molar-refractivity contribution >= 4 is 5.97 Å². The highest BCUT2D eigenvalue weighted by molar-refractivity contribution is 5.75. The maximum atomic E-state index is 11.8. The lowest BCUT2D eigenvalue weighted by Gasteiger charge is -2.18. The number of aliphatic hydroxyl groups excluding tert-OH is 1. The predicted octanol–water partition coefficient (Wildman–Crippen LogP) is 2.69. The molecule has 5 nitrogen and oxygen atoms in total. The molecule has 1 atom stereocenters. The Kier molecular flexibility index (Phi) is 7.61. The lowest BCUT2D eigenvalue weighted by atomic mass is 10.2. The van der Waals surface area contributed by atoms with Crippen LogP contribution in [0.25, 0.3) is 0 Å². The van der Waals surface area contributed by atoms with E-state index in [4.69, 9.17) is 14.2 Å². The van der Waals surface area contributed by atoms with Crippen LogP contribution in [0.15, 0.2) is 18.2 Å². The molecule has 0 amide bonds. The summed E-state index contributed by atoms with van der Waals surface area (Å²) in [7, 11) is 0. The quantitative estimate of drug-likeness (QED) is 0.710. The molecule has 0 aliphatic heterocycles. The van der Waals surface area contributed by atoms with Gasteiger partial charge in [0.1, 0.15) is 11.5 Å². The molecule has 0 spiro atoms. The van der Waals surface area contributed by atoms with E-state index in [9.17, 15) is 9.90 Å². The first-order valence-electron chi connectivity index (χ1n) is 7.36. The van der Waals surface area contributed by atoms with Gasteiger partial charge in [0.2, 0.25) is 0 Å². The molecule has 0 aliphatic carbocycles. The minimum atomic E-state index is -0.684. The molecule has 1 N–H and O–H groups in total. The molecule has 0 aliphatic rings. The smallest absolute Gasteiger partial charge is 0.347 e. The Morgan fingerprint density at radius 1 is 1.29 bits per heavy atom. The SMILES string of the molecule is CCCOc1ccc(CO)c(OC(CC)C(=O)OCC)c1. The molecule has 1 aromatic rings. The summed E-state index contributed by atoms with van der Waals surface area (Å²) in [5.74, 6) is 0.706. The topological polar surface area (TPSA) is 65.0 Å². The van der Waals surface area contributed by atoms with E-state index in [-0.39, 0.29) is 6.61 Å². The molecule has 0 bridgehead atoms. The van der Waals surface area contributed by atoms with Crippen LogP contribution in [0, 0.1) is 0 Å². The van der Waals surface area contributed by atoms with Crippen LogP contribution in [-0.4, -0.2) is 30.4 Å². The van der Waals surface area contributed by atoms with Crippen LogP contribution in [0.5, 0.6) is 11.5 Å². The van der Waals surface area contributed by atoms with Gasteiger partial charge in [0.25, 0.3) is 0 Å². The van der Waals surface area contributed by atoms with Crippen molar-refractivity contribution in [1.29, 1.82) is 0 Å². The zero-order valence-corrected chi connectivity index (χ0v) is 12.9. The number of hydrogen-bond acceptors (Lipinski definition) is 5. The number of aliphatic hydroxyl groups is 1. The highest BCUT2D eigenvalue weighted by Crippen LogP contribution is 2.27. The van der Waals surface area contributed by atoms with Gasteiger partial charge < -0.3 is 19.3 Å². The van der Waals surface area contributed by atoms with Crippen molar-refractivity contribution in [2.45, 2.75) is 46.3 Å². The summed E-state index contributed by atoms with van der Waals surface area (Å²) in [6.45, 7) is 6.37. The standard InChI is InChI=1S/C16H24O5/c1-4-9-20-13-8-7-12(11-17)15(10-13)21-14(5-2)16(18)19-6-3/h7-8,10,14,17H,4-6,9,11H2,1-3H3. The highest BCUT2D eigenvalue weighted by atomic mass is 16.6. The highest BCUT2D eigenvalue weighted by Gasteiger charge is 2.21. The molecular weight excluding hydrogens is 272 g/mol. The molecule has 0 saturated carbocycles. The summed E-state index contributed by atoms with van der Waals surface area (Å²) in [6, 6.07) is 5.21. The second-order valence-corrected chi connectivity index (χ2v) is 4.54. The molecule has 0 fully saturated rings. The van der Waals surface area contributed by atoms with Crippen LogP contribution < -0.4 is 9.47 Å². The van der Waals surface area contributed by atoms with E-state index in [1.54, 1.807) is 25.1 Å². The van der Waals surface area contributed by atoms with Gasteiger partial charge in [-0.3, -0.25) is 0 Å². The summed E-state index contributed by atoms with van der Waals surface area (Å²) in [5.41, 5.74) is 0.613. The second-order valence-electron chi connectivity index (χ2n) is 4.54. The summed E-state index contributed by atoms with van der Waals surface area (Å²) in [4.78, 5) is 11.8. The van der Waals surface area contributed by atoms with Gasteiger partial charge in [-0.1, -0.05) is 13.8 Å². The number of carbonyl (C=O) groups excluding carboxylic acids is 1. The third kappa shape index (κ3) is 5.27. The number of esters is 1. The molecule has 21 heavy (non-hydrogen) atoms. The van der Waals surface area contributed by atoms with Crippen LogP contribution in [0.4, 0.5) is 0 Å². The summed E-state index contributed by atoms with van der Waals surface area (Å²) in [6.07, 6.45) is 0.707. The van der Waals surface area contributed by atoms with Gasteiger partial charge in [0.15, 0.2) is 6.10 Å². The van der Waals surface area contributed by atoms with E-state index in [0.29, 0.717) is 36.7 Å². The van der Waals surface area contributed by atoms with Gasteiger partial charge >= 0.3 is 5.97 Å². The number of hydrogen-bond donors (Lipinski definition) is 1. The van der Waals surface area contributed by atoms with E-state index in [0.717, 1.165) is 6.42 Å². The number of carbonyl (C=O) groups is 1. The molecule has 0 radical (unpaired) electrons. The Bertz CT molecular complexity index is 444. The van der Waals surface area contributed by atoms with E-state index in [2.05, 4.69) is 0 Å². The minimum Gasteiger partial charge on any atom is -0.493 e. The first-order chi connectivity index (χ1) is 10.2. The Morgan fingerprint density at radius 3 is 2.62 bits per heavy atom. The molecule has 1 aromatic carbocycles. The maximum Gasteiger partial charge on any atom is 0.347 e. The summed E-state index contributed by atoms with van der Waals surface area (Å²) < 4.78 is 16.2. The minimum absolute atomic E-state index is 0.164. The Morgan fingerprint density at radius 2 is 2.05 bits per heavy atom. The van der Waals surface area contributed by atoms with Gasteiger partial charge in [0, 0.05) is 11.6 Å². The second kappa shape index (κ2) is 9.23. The normalized spacial score (nSPS) is 11.8. The lowest BCUT2D eigenvalue weighted by Crippen LogP contribution is -2.29. The molecule has 1 rings (SSSR count). The lowest BCUT2D eigenvalue weighted by molar-refractivity contribution is -0.151. The van der Waals surface area contributed by atoms with E-state index in [1.807, 2.05) is 13.8 Å². The van der Waals surface area contributed by atoms with Crippen LogP contribution in [0.1, 0.15) is 39.2 Å². The van der Waals surface area contributed by atoms with Crippen LogP contribution >= 0.6 is 0 Å². The number of ether oxygens (including phenoxy) is 3. The van der Waals surface area contributed by atoms with E-state index >= 15 is 0 Å². The third-order valence-electron chi connectivity index (χ3n) is 2.87. The fourth-order valence-corrected chi connectivity index (χ4v) is 1.77. The van der Waals surface area contributed by atoms with Crippen molar-refractivity contribution < 1.29 is 24.1 Å². The van der Waals surface area contributed by atoms with Crippen molar-refractivity contribution in [2.24, 2.45) is 0 Å². The average Bonchev–Trinajstić information content (AvgIpc) is 2.50. The molecular formula is C16H24O5. The molecule has 1 unspecified atom stereocenters. The summed E-state index contributed by atoms with van der Waals surface area (Å²) in [5, 5.41) is 9.38.